The summed E-state index contributed by atoms with van der Waals surface area (Å²) in [5.41, 5.74) is 0.247. The predicted molar refractivity (Wildman–Crippen MR) is 109 cm³/mol. The molecule has 0 aliphatic rings. The third-order valence-corrected chi connectivity index (χ3v) is 5.16. The molecule has 0 saturated carbocycles. The molecule has 0 aliphatic heterocycles. The van der Waals surface area contributed by atoms with Crippen molar-refractivity contribution in [3.63, 3.8) is 0 Å². The Morgan fingerprint density at radius 1 is 0.923 bits per heavy atom. The molecule has 3 nitrogen and oxygen atoms in total. The van der Waals surface area contributed by atoms with Crippen LogP contribution in [-0.2, 0) is 4.74 Å². The molecule has 0 amide bonds. The number of phenols is 1. The van der Waals surface area contributed by atoms with Crippen LogP contribution in [0.2, 0.25) is 0 Å². The van der Waals surface area contributed by atoms with Crippen LogP contribution in [0.1, 0.15) is 101 Å². The summed E-state index contributed by atoms with van der Waals surface area (Å²) in [6.07, 6.45) is 15.4. The summed E-state index contributed by atoms with van der Waals surface area (Å²) in [7, 11) is 0. The average Bonchev–Trinajstić information content (AvgIpc) is 2.65. The fourth-order valence-electron chi connectivity index (χ4n) is 3.35. The Kier molecular flexibility index (Phi) is 12.7. The van der Waals surface area contributed by atoms with Gasteiger partial charge in [0.1, 0.15) is 11.3 Å². The average molecular weight is 363 g/mol. The standard InChI is InChI=1S/C23H38O3/c1-3-5-15-20(4-2)16-11-9-7-6-8-10-14-19-26-23(25)21-17-12-13-18-22(21)24/h12-13,17-18,20,24H,3-11,14-16,19H2,1-2H3. The number of benzene rings is 1. The van der Waals surface area contributed by atoms with Crippen molar-refractivity contribution >= 4 is 5.97 Å². The van der Waals surface area contributed by atoms with Crippen LogP contribution in [0, 0.1) is 5.92 Å². The smallest absolute Gasteiger partial charge is 0.341 e. The number of carbonyl (C=O) groups is 1. The van der Waals surface area contributed by atoms with E-state index in [2.05, 4.69) is 13.8 Å². The van der Waals surface area contributed by atoms with Crippen molar-refractivity contribution in [3.8, 4) is 5.75 Å². The predicted octanol–water partition coefficient (Wildman–Crippen LogP) is 6.89. The molecule has 0 heterocycles. The highest BCUT2D eigenvalue weighted by atomic mass is 16.5. The van der Waals surface area contributed by atoms with Gasteiger partial charge in [0.25, 0.3) is 0 Å². The Hall–Kier alpha value is -1.51. The fourth-order valence-corrected chi connectivity index (χ4v) is 3.35. The maximum absolute atomic E-state index is 11.8. The number of hydrogen-bond acceptors (Lipinski definition) is 3. The quantitative estimate of drug-likeness (QED) is 0.273. The van der Waals surface area contributed by atoms with E-state index in [-0.39, 0.29) is 11.3 Å². The number of ether oxygens (including phenoxy) is 1. The third-order valence-electron chi connectivity index (χ3n) is 5.16. The lowest BCUT2D eigenvalue weighted by Crippen LogP contribution is -2.06. The highest BCUT2D eigenvalue weighted by molar-refractivity contribution is 5.92. The Morgan fingerprint density at radius 3 is 2.19 bits per heavy atom. The van der Waals surface area contributed by atoms with Crippen molar-refractivity contribution in [3.05, 3.63) is 29.8 Å². The number of carbonyl (C=O) groups excluding carboxylic acids is 1. The van der Waals surface area contributed by atoms with Gasteiger partial charge in [-0.25, -0.2) is 4.79 Å². The molecule has 1 aromatic rings. The zero-order valence-corrected chi connectivity index (χ0v) is 16.8. The van der Waals surface area contributed by atoms with E-state index in [4.69, 9.17) is 4.74 Å². The van der Waals surface area contributed by atoms with Gasteiger partial charge in [-0.05, 0) is 24.5 Å². The van der Waals surface area contributed by atoms with Gasteiger partial charge < -0.3 is 9.84 Å². The normalized spacial score (nSPS) is 12.1. The first-order valence-electron chi connectivity index (χ1n) is 10.6. The minimum absolute atomic E-state index is 0.0162. The monoisotopic (exact) mass is 362 g/mol. The van der Waals surface area contributed by atoms with Crippen LogP contribution in [0.3, 0.4) is 0 Å². The molecule has 0 aliphatic carbocycles. The second kappa shape index (κ2) is 14.6. The Balaban J connectivity index is 1.95. The van der Waals surface area contributed by atoms with E-state index < -0.39 is 5.97 Å². The summed E-state index contributed by atoms with van der Waals surface area (Å²) in [5, 5.41) is 9.62. The van der Waals surface area contributed by atoms with Crippen LogP contribution in [0.5, 0.6) is 5.75 Å². The van der Waals surface area contributed by atoms with Gasteiger partial charge in [-0.15, -0.1) is 0 Å². The van der Waals surface area contributed by atoms with Crippen molar-refractivity contribution in [2.45, 2.75) is 90.9 Å². The van der Waals surface area contributed by atoms with Gasteiger partial charge in [-0.1, -0.05) is 96.6 Å². The second-order valence-corrected chi connectivity index (χ2v) is 7.33. The Bertz CT molecular complexity index is 484. The highest BCUT2D eigenvalue weighted by Gasteiger charge is 2.11. The van der Waals surface area contributed by atoms with Crippen molar-refractivity contribution < 1.29 is 14.6 Å². The molecule has 1 rings (SSSR count). The maximum Gasteiger partial charge on any atom is 0.341 e. The van der Waals surface area contributed by atoms with E-state index in [9.17, 15) is 9.90 Å². The molecule has 0 spiro atoms. The number of rotatable bonds is 15. The van der Waals surface area contributed by atoms with Gasteiger partial charge >= 0.3 is 5.97 Å². The Morgan fingerprint density at radius 2 is 1.54 bits per heavy atom. The molecule has 1 aromatic carbocycles. The molecule has 1 atom stereocenters. The molecule has 1 unspecified atom stereocenters. The number of unbranched alkanes of at least 4 members (excludes halogenated alkanes) is 7. The molecule has 0 fully saturated rings. The second-order valence-electron chi connectivity index (χ2n) is 7.33. The van der Waals surface area contributed by atoms with Crippen LogP contribution in [0.25, 0.3) is 0 Å². The minimum Gasteiger partial charge on any atom is -0.507 e. The summed E-state index contributed by atoms with van der Waals surface area (Å²) in [6.45, 7) is 5.04. The molecule has 0 saturated heterocycles. The lowest BCUT2D eigenvalue weighted by atomic mass is 9.93. The van der Waals surface area contributed by atoms with E-state index in [0.29, 0.717) is 6.61 Å². The van der Waals surface area contributed by atoms with Crippen molar-refractivity contribution in [2.24, 2.45) is 5.92 Å². The lowest BCUT2D eigenvalue weighted by Gasteiger charge is -2.13. The van der Waals surface area contributed by atoms with Gasteiger partial charge in [-0.3, -0.25) is 0 Å². The molecule has 3 heteroatoms. The van der Waals surface area contributed by atoms with Crippen molar-refractivity contribution in [1.82, 2.24) is 0 Å². The summed E-state index contributed by atoms with van der Waals surface area (Å²) < 4.78 is 5.23. The molecular weight excluding hydrogens is 324 g/mol. The summed E-state index contributed by atoms with van der Waals surface area (Å²) in [6, 6.07) is 6.51. The van der Waals surface area contributed by atoms with Crippen LogP contribution in [0.15, 0.2) is 24.3 Å². The van der Waals surface area contributed by atoms with Crippen LogP contribution in [-0.4, -0.2) is 17.7 Å². The molecule has 148 valence electrons. The first kappa shape index (κ1) is 22.5. The fraction of sp³-hybridized carbons (Fsp3) is 0.696. The number of aromatic hydroxyl groups is 1. The van der Waals surface area contributed by atoms with Gasteiger partial charge in [0, 0.05) is 0 Å². The van der Waals surface area contributed by atoms with Gasteiger partial charge in [0.2, 0.25) is 0 Å². The van der Waals surface area contributed by atoms with Gasteiger partial charge in [0.05, 0.1) is 6.61 Å². The van der Waals surface area contributed by atoms with Crippen LogP contribution in [0.4, 0.5) is 0 Å². The van der Waals surface area contributed by atoms with Crippen LogP contribution >= 0.6 is 0 Å². The SMILES string of the molecule is CCCCC(CC)CCCCCCCCCOC(=O)c1ccccc1O. The van der Waals surface area contributed by atoms with E-state index >= 15 is 0 Å². The lowest BCUT2D eigenvalue weighted by molar-refractivity contribution is 0.0494. The van der Waals surface area contributed by atoms with E-state index in [1.807, 2.05) is 0 Å². The van der Waals surface area contributed by atoms with Crippen molar-refractivity contribution in [1.29, 1.82) is 0 Å². The van der Waals surface area contributed by atoms with Crippen LogP contribution < -0.4 is 0 Å². The zero-order valence-electron chi connectivity index (χ0n) is 16.8. The molecule has 1 N–H and O–H groups in total. The topological polar surface area (TPSA) is 46.5 Å². The Labute approximate surface area is 160 Å². The summed E-state index contributed by atoms with van der Waals surface area (Å²) >= 11 is 0. The highest BCUT2D eigenvalue weighted by Crippen LogP contribution is 2.20. The summed E-state index contributed by atoms with van der Waals surface area (Å²) in [4.78, 5) is 11.8. The van der Waals surface area contributed by atoms with E-state index in [1.165, 1.54) is 70.3 Å². The zero-order chi connectivity index (χ0) is 19.0. The molecule has 0 bridgehead atoms. The summed E-state index contributed by atoms with van der Waals surface area (Å²) in [5.74, 6) is 0.489. The molecule has 0 radical (unpaired) electrons. The maximum atomic E-state index is 11.8. The first-order chi connectivity index (χ1) is 12.7. The number of esters is 1. The molecule has 26 heavy (non-hydrogen) atoms. The largest absolute Gasteiger partial charge is 0.507 e. The molecular formula is C23H38O3. The number of hydrogen-bond donors (Lipinski definition) is 1. The molecule has 0 aromatic heterocycles. The third kappa shape index (κ3) is 9.84. The van der Waals surface area contributed by atoms with Gasteiger partial charge in [-0.2, -0.15) is 0 Å². The minimum atomic E-state index is -0.434. The van der Waals surface area contributed by atoms with Crippen molar-refractivity contribution in [2.75, 3.05) is 6.61 Å². The first-order valence-corrected chi connectivity index (χ1v) is 10.6. The van der Waals surface area contributed by atoms with Gasteiger partial charge in [0.15, 0.2) is 0 Å². The number of para-hydroxylation sites is 1. The van der Waals surface area contributed by atoms with E-state index in [1.54, 1.807) is 18.2 Å². The van der Waals surface area contributed by atoms with E-state index in [0.717, 1.165) is 18.8 Å². The number of phenolic OH excluding ortho intramolecular Hbond substituents is 1.